The Labute approximate surface area is 140 Å². The Morgan fingerprint density at radius 1 is 1.48 bits per heavy atom. The summed E-state index contributed by atoms with van der Waals surface area (Å²) >= 11 is 6.00. The van der Waals surface area contributed by atoms with E-state index in [9.17, 15) is 9.18 Å². The van der Waals surface area contributed by atoms with Gasteiger partial charge in [0.2, 0.25) is 6.10 Å². The van der Waals surface area contributed by atoms with Crippen LogP contribution >= 0.6 is 11.6 Å². The van der Waals surface area contributed by atoms with E-state index < -0.39 is 11.9 Å². The molecule has 0 radical (unpaired) electrons. The maximum absolute atomic E-state index is 13.9. The lowest BCUT2D eigenvalue weighted by Crippen LogP contribution is -2.39. The standard InChI is InChI=1S/C16H21ClFN3O2/c1-3-21(4-2)9-8-19-16(22)14-10-13(20-23-14)15-11(17)6-5-7-12(15)18/h5-7,14H,3-4,8-10H2,1-2H3,(H,19,22)/t14-/m1/s1. The molecule has 0 fully saturated rings. The topological polar surface area (TPSA) is 53.9 Å². The highest BCUT2D eigenvalue weighted by Gasteiger charge is 2.30. The van der Waals surface area contributed by atoms with Gasteiger partial charge in [-0.25, -0.2) is 4.39 Å². The van der Waals surface area contributed by atoms with Gasteiger partial charge in [0.05, 0.1) is 16.3 Å². The predicted molar refractivity (Wildman–Crippen MR) is 88.2 cm³/mol. The Bertz CT molecular complexity index is 570. The maximum atomic E-state index is 13.9. The molecule has 1 aromatic rings. The average Bonchev–Trinajstić information content (AvgIpc) is 3.01. The van der Waals surface area contributed by atoms with Crippen molar-refractivity contribution in [3.63, 3.8) is 0 Å². The highest BCUT2D eigenvalue weighted by atomic mass is 35.5. The molecule has 7 heteroatoms. The molecular weight excluding hydrogens is 321 g/mol. The SMILES string of the molecule is CCN(CC)CCNC(=O)[C@H]1CC(c2c(F)cccc2Cl)=NO1. The van der Waals surface area contributed by atoms with Gasteiger partial charge in [-0.05, 0) is 25.2 Å². The van der Waals surface area contributed by atoms with Crippen LogP contribution in [0.4, 0.5) is 4.39 Å². The third-order valence-corrected chi connectivity index (χ3v) is 4.15. The second-order valence-corrected chi connectivity index (χ2v) is 5.66. The van der Waals surface area contributed by atoms with Gasteiger partial charge in [-0.2, -0.15) is 0 Å². The summed E-state index contributed by atoms with van der Waals surface area (Å²) in [5, 5.41) is 6.91. The number of halogens is 2. The Hall–Kier alpha value is -1.66. The summed E-state index contributed by atoms with van der Waals surface area (Å²) in [5.74, 6) is -0.717. The summed E-state index contributed by atoms with van der Waals surface area (Å²) in [7, 11) is 0. The van der Waals surface area contributed by atoms with Crippen LogP contribution in [0.5, 0.6) is 0 Å². The molecule has 23 heavy (non-hydrogen) atoms. The first-order chi connectivity index (χ1) is 11.1. The van der Waals surface area contributed by atoms with Gasteiger partial charge in [-0.15, -0.1) is 0 Å². The van der Waals surface area contributed by atoms with E-state index in [2.05, 4.69) is 29.2 Å². The molecule has 0 saturated heterocycles. The Kier molecular flexibility index (Phi) is 6.36. The van der Waals surface area contributed by atoms with Crippen molar-refractivity contribution in [1.29, 1.82) is 0 Å². The Morgan fingerprint density at radius 2 is 2.22 bits per heavy atom. The smallest absolute Gasteiger partial charge is 0.264 e. The second kappa shape index (κ2) is 8.26. The van der Waals surface area contributed by atoms with Crippen molar-refractivity contribution in [3.8, 4) is 0 Å². The van der Waals surface area contributed by atoms with E-state index in [1.807, 2.05) is 0 Å². The number of benzene rings is 1. The van der Waals surface area contributed by atoms with E-state index >= 15 is 0 Å². The summed E-state index contributed by atoms with van der Waals surface area (Å²) in [6.45, 7) is 7.33. The molecule has 1 aliphatic rings. The number of carbonyl (C=O) groups is 1. The summed E-state index contributed by atoms with van der Waals surface area (Å²) in [5.41, 5.74) is 0.560. The summed E-state index contributed by atoms with van der Waals surface area (Å²) in [4.78, 5) is 19.4. The van der Waals surface area contributed by atoms with E-state index in [1.165, 1.54) is 12.1 Å². The first kappa shape index (κ1) is 17.7. The van der Waals surface area contributed by atoms with Crippen molar-refractivity contribution in [2.24, 2.45) is 5.16 Å². The van der Waals surface area contributed by atoms with Crippen molar-refractivity contribution in [2.45, 2.75) is 26.4 Å². The molecule has 0 unspecified atom stereocenters. The molecule has 5 nitrogen and oxygen atoms in total. The maximum Gasteiger partial charge on any atom is 0.264 e. The van der Waals surface area contributed by atoms with Gasteiger partial charge in [0.1, 0.15) is 5.82 Å². The number of likely N-dealkylation sites (N-methyl/N-ethyl adjacent to an activating group) is 1. The lowest BCUT2D eigenvalue weighted by molar-refractivity contribution is -0.131. The number of oxime groups is 1. The average molecular weight is 342 g/mol. The third kappa shape index (κ3) is 4.42. The molecule has 1 N–H and O–H groups in total. The van der Waals surface area contributed by atoms with Gasteiger partial charge in [-0.1, -0.05) is 36.7 Å². The van der Waals surface area contributed by atoms with E-state index in [-0.39, 0.29) is 22.9 Å². The Balaban J connectivity index is 1.88. The van der Waals surface area contributed by atoms with Crippen molar-refractivity contribution in [2.75, 3.05) is 26.2 Å². The van der Waals surface area contributed by atoms with Crippen molar-refractivity contribution >= 4 is 23.2 Å². The highest BCUT2D eigenvalue weighted by Crippen LogP contribution is 2.25. The molecule has 1 heterocycles. The fourth-order valence-corrected chi connectivity index (χ4v) is 2.70. The predicted octanol–water partition coefficient (Wildman–Crippen LogP) is 2.43. The monoisotopic (exact) mass is 341 g/mol. The van der Waals surface area contributed by atoms with E-state index in [0.717, 1.165) is 19.6 Å². The van der Waals surface area contributed by atoms with E-state index in [0.29, 0.717) is 12.3 Å². The van der Waals surface area contributed by atoms with Crippen LogP contribution in [-0.4, -0.2) is 48.8 Å². The van der Waals surface area contributed by atoms with Crippen LogP contribution in [0.2, 0.25) is 5.02 Å². The largest absolute Gasteiger partial charge is 0.382 e. The third-order valence-electron chi connectivity index (χ3n) is 3.83. The number of hydrogen-bond acceptors (Lipinski definition) is 4. The number of hydrogen-bond donors (Lipinski definition) is 1. The molecular formula is C16H21ClFN3O2. The van der Waals surface area contributed by atoms with Crippen LogP contribution in [-0.2, 0) is 9.63 Å². The number of nitrogens with zero attached hydrogens (tertiary/aromatic N) is 2. The molecule has 126 valence electrons. The van der Waals surface area contributed by atoms with Crippen molar-refractivity contribution < 1.29 is 14.0 Å². The first-order valence-electron chi connectivity index (χ1n) is 7.73. The molecule has 0 aliphatic carbocycles. The minimum Gasteiger partial charge on any atom is -0.382 e. The number of nitrogens with one attached hydrogen (secondary N) is 1. The molecule has 2 rings (SSSR count). The lowest BCUT2D eigenvalue weighted by Gasteiger charge is -2.18. The molecule has 0 bridgehead atoms. The molecule has 1 amide bonds. The summed E-state index contributed by atoms with van der Waals surface area (Å²) in [6, 6.07) is 4.41. The second-order valence-electron chi connectivity index (χ2n) is 5.25. The van der Waals surface area contributed by atoms with E-state index in [1.54, 1.807) is 6.07 Å². The minimum atomic E-state index is -0.739. The summed E-state index contributed by atoms with van der Waals surface area (Å²) in [6.07, 6.45) is -0.532. The highest BCUT2D eigenvalue weighted by molar-refractivity contribution is 6.34. The van der Waals surface area contributed by atoms with Gasteiger partial charge in [0.25, 0.3) is 5.91 Å². The summed E-state index contributed by atoms with van der Waals surface area (Å²) < 4.78 is 13.9. The molecule has 1 aromatic carbocycles. The minimum absolute atomic E-state index is 0.201. The van der Waals surface area contributed by atoms with Crippen LogP contribution in [0.3, 0.4) is 0 Å². The first-order valence-corrected chi connectivity index (χ1v) is 8.11. The number of rotatable bonds is 7. The normalized spacial score (nSPS) is 17.1. The number of carbonyl (C=O) groups excluding carboxylic acids is 1. The van der Waals surface area contributed by atoms with Gasteiger partial charge < -0.3 is 15.1 Å². The van der Waals surface area contributed by atoms with Crippen molar-refractivity contribution in [1.82, 2.24) is 10.2 Å². The quantitative estimate of drug-likeness (QED) is 0.828. The molecule has 1 atom stereocenters. The molecule has 0 saturated carbocycles. The van der Waals surface area contributed by atoms with Crippen molar-refractivity contribution in [3.05, 3.63) is 34.6 Å². The van der Waals surface area contributed by atoms with Crippen LogP contribution in [0.15, 0.2) is 23.4 Å². The van der Waals surface area contributed by atoms with Crippen LogP contribution in [0.1, 0.15) is 25.8 Å². The fraction of sp³-hybridized carbons (Fsp3) is 0.500. The van der Waals surface area contributed by atoms with Crippen LogP contribution < -0.4 is 5.32 Å². The van der Waals surface area contributed by atoms with Crippen LogP contribution in [0.25, 0.3) is 0 Å². The molecule has 0 spiro atoms. The van der Waals surface area contributed by atoms with Crippen LogP contribution in [0, 0.1) is 5.82 Å². The zero-order valence-electron chi connectivity index (χ0n) is 13.3. The fourth-order valence-electron chi connectivity index (χ4n) is 2.43. The molecule has 0 aromatic heterocycles. The zero-order valence-corrected chi connectivity index (χ0v) is 14.1. The van der Waals surface area contributed by atoms with E-state index in [4.69, 9.17) is 16.4 Å². The van der Waals surface area contributed by atoms with Gasteiger partial charge in [0.15, 0.2) is 0 Å². The Morgan fingerprint density at radius 3 is 2.87 bits per heavy atom. The number of amides is 1. The molecule has 1 aliphatic heterocycles. The zero-order chi connectivity index (χ0) is 16.8. The lowest BCUT2D eigenvalue weighted by atomic mass is 10.0. The van der Waals surface area contributed by atoms with Gasteiger partial charge in [0, 0.05) is 19.5 Å². The van der Waals surface area contributed by atoms with Gasteiger partial charge >= 0.3 is 0 Å². The van der Waals surface area contributed by atoms with Gasteiger partial charge in [-0.3, -0.25) is 4.79 Å².